The van der Waals surface area contributed by atoms with Crippen LogP contribution in [0.1, 0.15) is 16.2 Å². The van der Waals surface area contributed by atoms with Gasteiger partial charge in [-0.15, -0.1) is 5.10 Å². The predicted octanol–water partition coefficient (Wildman–Crippen LogP) is 1.50. The SMILES string of the molecule is O=C(O)c1cn(CCSCc2ccco2)nn1. The highest BCUT2D eigenvalue weighted by Crippen LogP contribution is 2.12. The molecule has 2 aromatic rings. The van der Waals surface area contributed by atoms with Crippen molar-refractivity contribution in [3.8, 4) is 0 Å². The van der Waals surface area contributed by atoms with Crippen LogP contribution in [0.2, 0.25) is 0 Å². The number of furan rings is 1. The van der Waals surface area contributed by atoms with Crippen molar-refractivity contribution >= 4 is 17.7 Å². The Morgan fingerprint density at radius 3 is 3.12 bits per heavy atom. The van der Waals surface area contributed by atoms with Gasteiger partial charge in [0.05, 0.1) is 24.8 Å². The number of nitrogens with zero attached hydrogens (tertiary/aromatic N) is 3. The zero-order chi connectivity index (χ0) is 12.1. The summed E-state index contributed by atoms with van der Waals surface area (Å²) in [6, 6.07) is 3.78. The van der Waals surface area contributed by atoms with Crippen molar-refractivity contribution in [3.05, 3.63) is 36.0 Å². The van der Waals surface area contributed by atoms with E-state index in [1.54, 1.807) is 18.0 Å². The standard InChI is InChI=1S/C10H11N3O3S/c14-10(15)9-6-13(12-11-9)3-5-17-7-8-2-1-4-16-8/h1-2,4,6H,3,5,7H2,(H,14,15). The molecule has 1 N–H and O–H groups in total. The summed E-state index contributed by atoms with van der Waals surface area (Å²) in [6.45, 7) is 0.631. The summed E-state index contributed by atoms with van der Waals surface area (Å²) >= 11 is 1.69. The van der Waals surface area contributed by atoms with E-state index in [9.17, 15) is 4.79 Å². The summed E-state index contributed by atoms with van der Waals surface area (Å²) in [4.78, 5) is 10.6. The highest BCUT2D eigenvalue weighted by molar-refractivity contribution is 7.98. The minimum absolute atomic E-state index is 0.0268. The smallest absolute Gasteiger partial charge is 0.358 e. The molecule has 7 heteroatoms. The Labute approximate surface area is 102 Å². The summed E-state index contributed by atoms with van der Waals surface area (Å²) in [5.41, 5.74) is -0.0268. The first kappa shape index (κ1) is 11.7. The van der Waals surface area contributed by atoms with Gasteiger partial charge in [-0.05, 0) is 12.1 Å². The number of aryl methyl sites for hydroxylation is 1. The van der Waals surface area contributed by atoms with E-state index >= 15 is 0 Å². The second-order valence-corrected chi connectivity index (χ2v) is 4.41. The molecule has 0 saturated heterocycles. The van der Waals surface area contributed by atoms with Crippen molar-refractivity contribution in [3.63, 3.8) is 0 Å². The first-order valence-corrected chi connectivity index (χ1v) is 6.15. The molecule has 0 saturated carbocycles. The summed E-state index contributed by atoms with van der Waals surface area (Å²) in [7, 11) is 0. The third kappa shape index (κ3) is 3.35. The molecule has 0 atom stereocenters. The maximum Gasteiger partial charge on any atom is 0.358 e. The predicted molar refractivity (Wildman–Crippen MR) is 61.9 cm³/mol. The summed E-state index contributed by atoms with van der Waals surface area (Å²) < 4.78 is 6.71. The van der Waals surface area contributed by atoms with E-state index in [1.165, 1.54) is 10.9 Å². The number of carboxylic acids is 1. The summed E-state index contributed by atoms with van der Waals surface area (Å²) in [6.07, 6.45) is 3.07. The van der Waals surface area contributed by atoms with E-state index in [2.05, 4.69) is 10.3 Å². The highest BCUT2D eigenvalue weighted by Gasteiger charge is 2.07. The Morgan fingerprint density at radius 1 is 1.59 bits per heavy atom. The molecule has 0 unspecified atom stereocenters. The average molecular weight is 253 g/mol. The number of carbonyl (C=O) groups is 1. The molecule has 90 valence electrons. The largest absolute Gasteiger partial charge is 0.476 e. The van der Waals surface area contributed by atoms with E-state index in [0.717, 1.165) is 17.3 Å². The topological polar surface area (TPSA) is 81.1 Å². The number of rotatable bonds is 6. The second kappa shape index (κ2) is 5.53. The van der Waals surface area contributed by atoms with Crippen LogP contribution in [0, 0.1) is 0 Å². The van der Waals surface area contributed by atoms with Gasteiger partial charge in [-0.25, -0.2) is 4.79 Å². The van der Waals surface area contributed by atoms with Crippen LogP contribution in [-0.4, -0.2) is 31.8 Å². The fourth-order valence-electron chi connectivity index (χ4n) is 1.23. The van der Waals surface area contributed by atoms with Crippen molar-refractivity contribution in [2.45, 2.75) is 12.3 Å². The number of carboxylic acid groups (broad SMARTS) is 1. The highest BCUT2D eigenvalue weighted by atomic mass is 32.2. The van der Waals surface area contributed by atoms with Gasteiger partial charge in [0.1, 0.15) is 5.76 Å². The van der Waals surface area contributed by atoms with Gasteiger partial charge in [0, 0.05) is 5.75 Å². The molecule has 0 aromatic carbocycles. The number of hydrogen-bond donors (Lipinski definition) is 1. The normalized spacial score (nSPS) is 10.6. The fourth-order valence-corrected chi connectivity index (χ4v) is 2.06. The third-order valence-corrected chi connectivity index (χ3v) is 3.01. The summed E-state index contributed by atoms with van der Waals surface area (Å²) in [5, 5.41) is 15.9. The molecule has 0 aliphatic rings. The van der Waals surface area contributed by atoms with E-state index in [0.29, 0.717) is 6.54 Å². The molecule has 6 nitrogen and oxygen atoms in total. The zero-order valence-electron chi connectivity index (χ0n) is 8.94. The first-order valence-electron chi connectivity index (χ1n) is 4.99. The zero-order valence-corrected chi connectivity index (χ0v) is 9.76. The molecule has 0 fully saturated rings. The van der Waals surface area contributed by atoms with Crippen LogP contribution in [0.25, 0.3) is 0 Å². The monoisotopic (exact) mass is 253 g/mol. The van der Waals surface area contributed by atoms with E-state index in [1.807, 2.05) is 12.1 Å². The second-order valence-electron chi connectivity index (χ2n) is 3.30. The minimum Gasteiger partial charge on any atom is -0.476 e. The van der Waals surface area contributed by atoms with Crippen LogP contribution in [0.5, 0.6) is 0 Å². The first-order chi connectivity index (χ1) is 8.25. The van der Waals surface area contributed by atoms with Crippen molar-refractivity contribution in [2.75, 3.05) is 5.75 Å². The number of aromatic carboxylic acids is 1. The van der Waals surface area contributed by atoms with Crippen LogP contribution < -0.4 is 0 Å². The molecule has 0 spiro atoms. The molecule has 0 bridgehead atoms. The van der Waals surface area contributed by atoms with Crippen molar-refractivity contribution in [2.24, 2.45) is 0 Å². The van der Waals surface area contributed by atoms with Gasteiger partial charge < -0.3 is 9.52 Å². The van der Waals surface area contributed by atoms with E-state index < -0.39 is 5.97 Å². The molecule has 17 heavy (non-hydrogen) atoms. The molecule has 0 aliphatic carbocycles. The van der Waals surface area contributed by atoms with Gasteiger partial charge in [0.25, 0.3) is 0 Å². The lowest BCUT2D eigenvalue weighted by molar-refractivity contribution is 0.0690. The maximum atomic E-state index is 10.6. The van der Waals surface area contributed by atoms with Crippen LogP contribution in [-0.2, 0) is 12.3 Å². The molecular formula is C10H11N3O3S. The van der Waals surface area contributed by atoms with Crippen molar-refractivity contribution in [1.82, 2.24) is 15.0 Å². The van der Waals surface area contributed by atoms with Gasteiger partial charge in [0.15, 0.2) is 5.69 Å². The van der Waals surface area contributed by atoms with Crippen molar-refractivity contribution in [1.29, 1.82) is 0 Å². The molecular weight excluding hydrogens is 242 g/mol. The maximum absolute atomic E-state index is 10.6. The number of aromatic nitrogens is 3. The van der Waals surface area contributed by atoms with E-state index in [4.69, 9.17) is 9.52 Å². The lowest BCUT2D eigenvalue weighted by Crippen LogP contribution is -2.01. The third-order valence-electron chi connectivity index (χ3n) is 2.05. The number of hydrogen-bond acceptors (Lipinski definition) is 5. The van der Waals surface area contributed by atoms with E-state index in [-0.39, 0.29) is 5.69 Å². The fraction of sp³-hybridized carbons (Fsp3) is 0.300. The lowest BCUT2D eigenvalue weighted by Gasteiger charge is -1.99. The summed E-state index contributed by atoms with van der Waals surface area (Å²) in [5.74, 6) is 1.50. The Balaban J connectivity index is 1.72. The Morgan fingerprint density at radius 2 is 2.47 bits per heavy atom. The molecule has 0 aliphatic heterocycles. The van der Waals surface area contributed by atoms with Gasteiger partial charge in [0.2, 0.25) is 0 Å². The van der Waals surface area contributed by atoms with Crippen molar-refractivity contribution < 1.29 is 14.3 Å². The molecule has 2 aromatic heterocycles. The Bertz CT molecular complexity index is 481. The quantitative estimate of drug-likeness (QED) is 0.786. The molecule has 0 radical (unpaired) electrons. The lowest BCUT2D eigenvalue weighted by atomic mass is 10.5. The van der Waals surface area contributed by atoms with Crippen LogP contribution in [0.3, 0.4) is 0 Å². The van der Waals surface area contributed by atoms with Crippen LogP contribution in [0.15, 0.2) is 29.0 Å². The Hall–Kier alpha value is -1.76. The molecule has 2 rings (SSSR count). The van der Waals surface area contributed by atoms with Gasteiger partial charge in [-0.1, -0.05) is 5.21 Å². The van der Waals surface area contributed by atoms with Gasteiger partial charge >= 0.3 is 5.97 Å². The molecule has 2 heterocycles. The minimum atomic E-state index is -1.06. The van der Waals surface area contributed by atoms with Crippen LogP contribution >= 0.6 is 11.8 Å². The van der Waals surface area contributed by atoms with Gasteiger partial charge in [-0.2, -0.15) is 11.8 Å². The Kier molecular flexibility index (Phi) is 3.81. The average Bonchev–Trinajstić information content (AvgIpc) is 2.96. The van der Waals surface area contributed by atoms with Gasteiger partial charge in [-0.3, -0.25) is 4.68 Å². The van der Waals surface area contributed by atoms with Crippen LogP contribution in [0.4, 0.5) is 0 Å². The molecule has 0 amide bonds. The number of thioether (sulfide) groups is 1.